The number of nitrogens with zero attached hydrogens (tertiary/aromatic N) is 2. The SMILES string of the molecule is CCn1c(C(C)(O)CS(=O)(=O)CC(F)(F)F)nc2cc(Cl)c(Cl)cc21. The van der Waals surface area contributed by atoms with Crippen LogP contribution in [0.25, 0.3) is 11.0 Å². The first-order valence-corrected chi connectivity index (χ1v) is 9.69. The average Bonchev–Trinajstić information content (AvgIpc) is 2.73. The maximum absolute atomic E-state index is 12.4. The van der Waals surface area contributed by atoms with Crippen molar-refractivity contribution in [3.8, 4) is 0 Å². The van der Waals surface area contributed by atoms with Gasteiger partial charge in [-0.1, -0.05) is 23.2 Å². The first-order valence-electron chi connectivity index (χ1n) is 7.11. The maximum atomic E-state index is 12.4. The van der Waals surface area contributed by atoms with Gasteiger partial charge in [0.05, 0.1) is 26.8 Å². The number of hydrogen-bond acceptors (Lipinski definition) is 4. The van der Waals surface area contributed by atoms with Gasteiger partial charge in [-0.3, -0.25) is 0 Å². The van der Waals surface area contributed by atoms with Gasteiger partial charge in [-0.2, -0.15) is 13.2 Å². The topological polar surface area (TPSA) is 72.2 Å². The van der Waals surface area contributed by atoms with Crippen LogP contribution in [0, 0.1) is 0 Å². The fourth-order valence-corrected chi connectivity index (χ4v) is 4.55. The van der Waals surface area contributed by atoms with Crippen LogP contribution in [-0.2, 0) is 22.0 Å². The molecule has 0 amide bonds. The van der Waals surface area contributed by atoms with Gasteiger partial charge in [0.1, 0.15) is 17.2 Å². The minimum absolute atomic E-state index is 0.0749. The lowest BCUT2D eigenvalue weighted by Gasteiger charge is -2.23. The normalized spacial score (nSPS) is 15.5. The molecule has 5 nitrogen and oxygen atoms in total. The van der Waals surface area contributed by atoms with Gasteiger partial charge in [0.15, 0.2) is 9.84 Å². The molecular weight excluding hydrogens is 404 g/mol. The number of halogens is 5. The van der Waals surface area contributed by atoms with Gasteiger partial charge >= 0.3 is 6.18 Å². The first kappa shape index (κ1) is 20.3. The fourth-order valence-electron chi connectivity index (χ4n) is 2.64. The molecule has 1 N–H and O–H groups in total. The van der Waals surface area contributed by atoms with Crippen molar-refractivity contribution in [2.45, 2.75) is 32.2 Å². The number of fused-ring (bicyclic) bond motifs is 1. The molecule has 1 aromatic carbocycles. The Labute approximate surface area is 152 Å². The van der Waals surface area contributed by atoms with Crippen molar-refractivity contribution >= 4 is 44.1 Å². The van der Waals surface area contributed by atoms with E-state index in [0.717, 1.165) is 6.92 Å². The van der Waals surface area contributed by atoms with Crippen molar-refractivity contribution in [3.05, 3.63) is 28.0 Å². The lowest BCUT2D eigenvalue weighted by molar-refractivity contribution is -0.106. The molecule has 2 rings (SSSR count). The van der Waals surface area contributed by atoms with E-state index in [4.69, 9.17) is 23.2 Å². The third-order valence-electron chi connectivity index (χ3n) is 3.47. The highest BCUT2D eigenvalue weighted by atomic mass is 35.5. The molecule has 0 radical (unpaired) electrons. The molecule has 0 aliphatic rings. The average molecular weight is 419 g/mol. The van der Waals surface area contributed by atoms with E-state index >= 15 is 0 Å². The van der Waals surface area contributed by atoms with Gasteiger partial charge in [-0.05, 0) is 26.0 Å². The molecular formula is C14H15Cl2F3N2O3S. The summed E-state index contributed by atoms with van der Waals surface area (Å²) in [5.74, 6) is -3.21. The van der Waals surface area contributed by atoms with Crippen LogP contribution in [0.5, 0.6) is 0 Å². The number of benzene rings is 1. The zero-order valence-corrected chi connectivity index (χ0v) is 15.6. The Morgan fingerprint density at radius 3 is 2.28 bits per heavy atom. The molecule has 0 aliphatic heterocycles. The summed E-state index contributed by atoms with van der Waals surface area (Å²) in [5.41, 5.74) is -1.29. The summed E-state index contributed by atoms with van der Waals surface area (Å²) >= 11 is 11.9. The molecule has 1 atom stereocenters. The Morgan fingerprint density at radius 1 is 1.20 bits per heavy atom. The molecule has 0 saturated heterocycles. The molecule has 0 aliphatic carbocycles. The summed E-state index contributed by atoms with van der Waals surface area (Å²) < 4.78 is 62.3. The minimum Gasteiger partial charge on any atom is -0.381 e. The van der Waals surface area contributed by atoms with Gasteiger partial charge in [0, 0.05) is 6.54 Å². The van der Waals surface area contributed by atoms with E-state index in [9.17, 15) is 26.7 Å². The molecule has 140 valence electrons. The minimum atomic E-state index is -4.89. The van der Waals surface area contributed by atoms with Crippen LogP contribution in [0.4, 0.5) is 13.2 Å². The molecule has 2 aromatic rings. The molecule has 1 aromatic heterocycles. The van der Waals surface area contributed by atoms with Gasteiger partial charge < -0.3 is 9.67 Å². The zero-order chi connectivity index (χ0) is 19.2. The first-order chi connectivity index (χ1) is 11.3. The molecule has 25 heavy (non-hydrogen) atoms. The second-order valence-corrected chi connectivity index (χ2v) is 8.73. The molecule has 1 heterocycles. The highest BCUT2D eigenvalue weighted by Gasteiger charge is 2.41. The van der Waals surface area contributed by atoms with E-state index in [-0.39, 0.29) is 15.9 Å². The fraction of sp³-hybridized carbons (Fsp3) is 0.500. The predicted molar refractivity (Wildman–Crippen MR) is 89.7 cm³/mol. The Morgan fingerprint density at radius 2 is 1.76 bits per heavy atom. The van der Waals surface area contributed by atoms with Gasteiger partial charge in [0.25, 0.3) is 0 Å². The van der Waals surface area contributed by atoms with E-state index in [1.54, 1.807) is 6.92 Å². The number of imidazole rings is 1. The largest absolute Gasteiger partial charge is 0.402 e. The van der Waals surface area contributed by atoms with Gasteiger partial charge in [0.2, 0.25) is 0 Å². The van der Waals surface area contributed by atoms with Crippen molar-refractivity contribution in [3.63, 3.8) is 0 Å². The zero-order valence-electron chi connectivity index (χ0n) is 13.2. The lowest BCUT2D eigenvalue weighted by atomic mass is 10.1. The highest BCUT2D eigenvalue weighted by molar-refractivity contribution is 7.91. The second kappa shape index (κ2) is 6.61. The number of sulfone groups is 1. The number of aryl methyl sites for hydroxylation is 1. The Balaban J connectivity index is 2.52. The van der Waals surface area contributed by atoms with E-state index < -0.39 is 33.1 Å². The lowest BCUT2D eigenvalue weighted by Crippen LogP contribution is -2.37. The molecule has 0 fully saturated rings. The third kappa shape index (κ3) is 4.58. The maximum Gasteiger partial charge on any atom is 0.402 e. The monoisotopic (exact) mass is 418 g/mol. The molecule has 1 unspecified atom stereocenters. The van der Waals surface area contributed by atoms with Crippen molar-refractivity contribution in [2.24, 2.45) is 0 Å². The molecule has 0 saturated carbocycles. The number of rotatable bonds is 5. The Hall–Kier alpha value is -1.03. The van der Waals surface area contributed by atoms with Crippen molar-refractivity contribution in [1.82, 2.24) is 9.55 Å². The summed E-state index contributed by atoms with van der Waals surface area (Å²) in [6.07, 6.45) is -4.89. The molecule has 11 heteroatoms. The summed E-state index contributed by atoms with van der Waals surface area (Å²) in [5, 5.41) is 11.0. The van der Waals surface area contributed by atoms with Crippen LogP contribution >= 0.6 is 23.2 Å². The Kier molecular flexibility index (Phi) is 5.36. The molecule has 0 bridgehead atoms. The van der Waals surface area contributed by atoms with E-state index in [2.05, 4.69) is 4.98 Å². The standard InChI is InChI=1S/C14H15Cl2F3N2O3S/c1-3-21-11-5-9(16)8(15)4-10(11)20-12(21)13(2,22)6-25(23,24)7-14(17,18)19/h4-5,22H,3,6-7H2,1-2H3. The van der Waals surface area contributed by atoms with Gasteiger partial charge in [-0.25, -0.2) is 13.4 Å². The summed E-state index contributed by atoms with van der Waals surface area (Å²) in [7, 11) is -4.60. The van der Waals surface area contributed by atoms with Crippen molar-refractivity contribution in [1.29, 1.82) is 0 Å². The summed E-state index contributed by atoms with van der Waals surface area (Å²) in [6.45, 7) is 3.12. The van der Waals surface area contributed by atoms with Crippen molar-refractivity contribution in [2.75, 3.05) is 11.5 Å². The number of aliphatic hydroxyl groups is 1. The number of aromatic nitrogens is 2. The Bertz CT molecular complexity index is 908. The molecule has 0 spiro atoms. The van der Waals surface area contributed by atoms with Crippen molar-refractivity contribution < 1.29 is 26.7 Å². The number of alkyl halides is 3. The van der Waals surface area contributed by atoms with Gasteiger partial charge in [-0.15, -0.1) is 0 Å². The van der Waals surface area contributed by atoms with E-state index in [1.807, 2.05) is 0 Å². The van der Waals surface area contributed by atoms with Crippen LogP contribution in [0.1, 0.15) is 19.7 Å². The van der Waals surface area contributed by atoms with Crippen LogP contribution in [0.15, 0.2) is 12.1 Å². The van der Waals surface area contributed by atoms with Crippen LogP contribution in [0.2, 0.25) is 10.0 Å². The van der Waals surface area contributed by atoms with Crippen LogP contribution in [0.3, 0.4) is 0 Å². The summed E-state index contributed by atoms with van der Waals surface area (Å²) in [4.78, 5) is 4.16. The quantitative estimate of drug-likeness (QED) is 0.805. The van der Waals surface area contributed by atoms with E-state index in [0.29, 0.717) is 17.6 Å². The highest BCUT2D eigenvalue weighted by Crippen LogP contribution is 2.32. The second-order valence-electron chi connectivity index (χ2n) is 5.86. The third-order valence-corrected chi connectivity index (χ3v) is 5.96. The van der Waals surface area contributed by atoms with Crippen LogP contribution in [-0.4, -0.2) is 40.8 Å². The number of hydrogen-bond donors (Lipinski definition) is 1. The summed E-state index contributed by atoms with van der Waals surface area (Å²) in [6, 6.07) is 2.94. The van der Waals surface area contributed by atoms with E-state index in [1.165, 1.54) is 16.7 Å². The predicted octanol–water partition coefficient (Wildman–Crippen LogP) is 3.55. The smallest absolute Gasteiger partial charge is 0.381 e. The van der Waals surface area contributed by atoms with Crippen LogP contribution < -0.4 is 0 Å².